The summed E-state index contributed by atoms with van der Waals surface area (Å²) in [6.07, 6.45) is 1.20. The minimum Gasteiger partial charge on any atom is -0.493 e. The van der Waals surface area contributed by atoms with Crippen LogP contribution in [0, 0.1) is 25.7 Å². The van der Waals surface area contributed by atoms with E-state index < -0.39 is 0 Å². The van der Waals surface area contributed by atoms with Crippen LogP contribution in [-0.4, -0.2) is 22.3 Å². The summed E-state index contributed by atoms with van der Waals surface area (Å²) in [4.78, 5) is 12.3. The molecule has 0 radical (unpaired) electrons. The van der Waals surface area contributed by atoms with Crippen molar-refractivity contribution in [3.05, 3.63) is 46.8 Å². The Labute approximate surface area is 169 Å². The maximum Gasteiger partial charge on any atom is 0.220 e. The molecule has 0 bridgehead atoms. The highest BCUT2D eigenvalue weighted by molar-refractivity contribution is 5.76. The van der Waals surface area contributed by atoms with Crippen LogP contribution in [0.3, 0.4) is 0 Å². The van der Waals surface area contributed by atoms with Crippen LogP contribution in [0.1, 0.15) is 56.6 Å². The molecule has 0 atom stereocenters. The molecule has 0 aliphatic carbocycles. The van der Waals surface area contributed by atoms with E-state index in [2.05, 4.69) is 49.7 Å². The first-order valence-corrected chi connectivity index (χ1v) is 10.3. The van der Waals surface area contributed by atoms with Crippen molar-refractivity contribution in [3.8, 4) is 5.75 Å². The van der Waals surface area contributed by atoms with Gasteiger partial charge in [0, 0.05) is 25.2 Å². The molecule has 0 fully saturated rings. The summed E-state index contributed by atoms with van der Waals surface area (Å²) in [5.41, 5.74) is 4.48. The van der Waals surface area contributed by atoms with Crippen molar-refractivity contribution in [3.63, 3.8) is 0 Å². The number of rotatable bonds is 10. The summed E-state index contributed by atoms with van der Waals surface area (Å²) in [5, 5.41) is 7.64. The Balaban J connectivity index is 1.81. The number of hydrogen-bond donors (Lipinski definition) is 1. The molecule has 0 saturated carbocycles. The van der Waals surface area contributed by atoms with Gasteiger partial charge in [-0.15, -0.1) is 0 Å². The molecule has 154 valence electrons. The highest BCUT2D eigenvalue weighted by atomic mass is 16.5. The van der Waals surface area contributed by atoms with Crippen molar-refractivity contribution < 1.29 is 9.53 Å². The van der Waals surface area contributed by atoms with Crippen molar-refractivity contribution >= 4 is 5.91 Å². The predicted octanol–water partition coefficient (Wildman–Crippen LogP) is 4.44. The third-order valence-electron chi connectivity index (χ3n) is 4.67. The number of aromatic nitrogens is 2. The smallest absolute Gasteiger partial charge is 0.220 e. The lowest BCUT2D eigenvalue weighted by molar-refractivity contribution is -0.121. The van der Waals surface area contributed by atoms with E-state index in [0.717, 1.165) is 30.0 Å². The van der Waals surface area contributed by atoms with Crippen molar-refractivity contribution in [1.29, 1.82) is 0 Å². The van der Waals surface area contributed by atoms with Crippen molar-refractivity contribution in [1.82, 2.24) is 15.1 Å². The van der Waals surface area contributed by atoms with E-state index in [-0.39, 0.29) is 5.91 Å². The lowest BCUT2D eigenvalue weighted by atomic mass is 10.1. The number of carbonyl (C=O) groups excluding carboxylic acids is 1. The van der Waals surface area contributed by atoms with E-state index in [1.165, 1.54) is 11.3 Å². The minimum atomic E-state index is 0.0653. The summed E-state index contributed by atoms with van der Waals surface area (Å²) < 4.78 is 7.75. The first-order chi connectivity index (χ1) is 13.3. The second kappa shape index (κ2) is 10.3. The number of carbonyl (C=O) groups is 1. The first kappa shape index (κ1) is 22.0. The minimum absolute atomic E-state index is 0.0653. The maximum absolute atomic E-state index is 12.3. The number of aryl methyl sites for hydroxylation is 1. The molecule has 1 N–H and O–H groups in total. The molecule has 1 heterocycles. The van der Waals surface area contributed by atoms with Crippen LogP contribution < -0.4 is 10.1 Å². The number of benzene rings is 1. The Kier molecular flexibility index (Phi) is 8.09. The summed E-state index contributed by atoms with van der Waals surface area (Å²) in [7, 11) is 0. The maximum atomic E-state index is 12.3. The second-order valence-electron chi connectivity index (χ2n) is 8.35. The van der Waals surface area contributed by atoms with Gasteiger partial charge in [0.1, 0.15) is 5.75 Å². The zero-order valence-corrected chi connectivity index (χ0v) is 18.2. The van der Waals surface area contributed by atoms with Gasteiger partial charge in [0.2, 0.25) is 5.91 Å². The number of hydrogen-bond acceptors (Lipinski definition) is 3. The summed E-state index contributed by atoms with van der Waals surface area (Å²) in [5.74, 6) is 1.99. The number of ether oxygens (including phenoxy) is 1. The van der Waals surface area contributed by atoms with Gasteiger partial charge in [0.15, 0.2) is 0 Å². The van der Waals surface area contributed by atoms with Crippen molar-refractivity contribution in [2.24, 2.45) is 11.8 Å². The van der Waals surface area contributed by atoms with Crippen LogP contribution >= 0.6 is 0 Å². The predicted molar refractivity (Wildman–Crippen MR) is 113 cm³/mol. The number of nitrogens with zero attached hydrogens (tertiary/aromatic N) is 2. The molecule has 1 aromatic heterocycles. The lowest BCUT2D eigenvalue weighted by Crippen LogP contribution is -2.23. The van der Waals surface area contributed by atoms with Crippen molar-refractivity contribution in [2.75, 3.05) is 6.61 Å². The summed E-state index contributed by atoms with van der Waals surface area (Å²) in [6, 6.07) is 7.92. The molecule has 0 aliphatic rings. The van der Waals surface area contributed by atoms with Gasteiger partial charge < -0.3 is 10.1 Å². The molecule has 0 aliphatic heterocycles. The average Bonchev–Trinajstić information content (AvgIpc) is 2.89. The van der Waals surface area contributed by atoms with Gasteiger partial charge in [0.25, 0.3) is 0 Å². The van der Waals surface area contributed by atoms with Gasteiger partial charge >= 0.3 is 0 Å². The molecule has 0 saturated heterocycles. The Morgan fingerprint density at radius 2 is 1.79 bits per heavy atom. The fourth-order valence-corrected chi connectivity index (χ4v) is 3.11. The lowest BCUT2D eigenvalue weighted by Gasteiger charge is -2.10. The Morgan fingerprint density at radius 1 is 1.11 bits per heavy atom. The third kappa shape index (κ3) is 6.70. The van der Waals surface area contributed by atoms with Gasteiger partial charge in [-0.05, 0) is 55.4 Å². The van der Waals surface area contributed by atoms with E-state index in [9.17, 15) is 4.79 Å². The van der Waals surface area contributed by atoms with E-state index >= 15 is 0 Å². The molecule has 5 nitrogen and oxygen atoms in total. The SMILES string of the molecule is Cc1nn(CC(C)C)c(C)c1CCC(=O)NCc1ccc(OCC(C)C)cc1. The average molecular weight is 386 g/mol. The van der Waals surface area contributed by atoms with Gasteiger partial charge in [-0.25, -0.2) is 0 Å². The quantitative estimate of drug-likeness (QED) is 0.658. The molecule has 2 aromatic rings. The van der Waals surface area contributed by atoms with Gasteiger partial charge in [0.05, 0.1) is 12.3 Å². The van der Waals surface area contributed by atoms with Gasteiger partial charge in [-0.2, -0.15) is 5.10 Å². The van der Waals surface area contributed by atoms with E-state index in [0.29, 0.717) is 31.4 Å². The normalized spacial score (nSPS) is 11.3. The van der Waals surface area contributed by atoms with Crippen LogP contribution in [-0.2, 0) is 24.3 Å². The molecular weight excluding hydrogens is 350 g/mol. The highest BCUT2D eigenvalue weighted by Gasteiger charge is 2.13. The van der Waals surface area contributed by atoms with Gasteiger partial charge in [-0.3, -0.25) is 9.48 Å². The molecule has 2 rings (SSSR count). The van der Waals surface area contributed by atoms with Crippen LogP contribution in [0.15, 0.2) is 24.3 Å². The fourth-order valence-electron chi connectivity index (χ4n) is 3.11. The van der Waals surface area contributed by atoms with Gasteiger partial charge in [-0.1, -0.05) is 39.8 Å². The van der Waals surface area contributed by atoms with E-state index in [4.69, 9.17) is 4.74 Å². The second-order valence-corrected chi connectivity index (χ2v) is 8.35. The zero-order valence-electron chi connectivity index (χ0n) is 18.2. The Bertz CT molecular complexity index is 761. The van der Waals surface area contributed by atoms with Crippen LogP contribution in [0.2, 0.25) is 0 Å². The third-order valence-corrected chi connectivity index (χ3v) is 4.67. The molecule has 1 amide bonds. The monoisotopic (exact) mass is 385 g/mol. The van der Waals surface area contributed by atoms with Crippen LogP contribution in [0.4, 0.5) is 0 Å². The van der Waals surface area contributed by atoms with Crippen LogP contribution in [0.25, 0.3) is 0 Å². The largest absolute Gasteiger partial charge is 0.493 e. The topological polar surface area (TPSA) is 56.2 Å². The molecule has 0 spiro atoms. The molecule has 5 heteroatoms. The Hall–Kier alpha value is -2.30. The summed E-state index contributed by atoms with van der Waals surface area (Å²) in [6.45, 7) is 14.9. The number of nitrogens with one attached hydrogen (secondary N) is 1. The fraction of sp³-hybridized carbons (Fsp3) is 0.565. The van der Waals surface area contributed by atoms with E-state index in [1.807, 2.05) is 31.2 Å². The number of amides is 1. The van der Waals surface area contributed by atoms with Crippen molar-refractivity contribution in [2.45, 2.75) is 67.5 Å². The standard InChI is InChI=1S/C23H35N3O2/c1-16(2)14-26-19(6)22(18(5)25-26)11-12-23(27)24-13-20-7-9-21(10-8-20)28-15-17(3)4/h7-10,16-17H,11-15H2,1-6H3,(H,24,27). The highest BCUT2D eigenvalue weighted by Crippen LogP contribution is 2.17. The van der Waals surface area contributed by atoms with Crippen LogP contribution in [0.5, 0.6) is 5.75 Å². The Morgan fingerprint density at radius 3 is 2.39 bits per heavy atom. The molecule has 28 heavy (non-hydrogen) atoms. The molecule has 0 unspecified atom stereocenters. The zero-order chi connectivity index (χ0) is 20.7. The molecule has 1 aromatic carbocycles. The molecular formula is C23H35N3O2. The first-order valence-electron chi connectivity index (χ1n) is 10.3. The van der Waals surface area contributed by atoms with E-state index in [1.54, 1.807) is 0 Å². The summed E-state index contributed by atoms with van der Waals surface area (Å²) >= 11 is 0.